The monoisotopic (exact) mass is 352 g/mol. The largest absolute Gasteiger partial charge is 0.493 e. The minimum absolute atomic E-state index is 0.213. The molecule has 2 rings (SSSR count). The lowest BCUT2D eigenvalue weighted by Gasteiger charge is -2.18. The summed E-state index contributed by atoms with van der Waals surface area (Å²) >= 11 is 0. The molecular weight excluding hydrogens is 333 g/mol. The molecule has 3 N–H and O–H groups in total. The first-order valence-corrected chi connectivity index (χ1v) is 8.66. The van der Waals surface area contributed by atoms with Gasteiger partial charge in [0.25, 0.3) is 10.2 Å². The molecule has 1 fully saturated rings. The summed E-state index contributed by atoms with van der Waals surface area (Å²) in [5, 5.41) is 4.88. The minimum atomic E-state index is -4.54. The highest BCUT2D eigenvalue weighted by molar-refractivity contribution is 7.87. The number of hydrogen-bond acceptors (Lipinski definition) is 3. The predicted molar refractivity (Wildman–Crippen MR) is 78.9 cm³/mol. The van der Waals surface area contributed by atoms with E-state index in [1.807, 2.05) is 6.92 Å². The van der Waals surface area contributed by atoms with Gasteiger partial charge in [-0.05, 0) is 42.9 Å². The molecule has 1 saturated carbocycles. The van der Waals surface area contributed by atoms with E-state index >= 15 is 0 Å². The van der Waals surface area contributed by atoms with Crippen LogP contribution in [0.25, 0.3) is 0 Å². The lowest BCUT2D eigenvalue weighted by Crippen LogP contribution is -2.33. The van der Waals surface area contributed by atoms with Crippen molar-refractivity contribution in [3.63, 3.8) is 0 Å². The fourth-order valence-electron chi connectivity index (χ4n) is 2.30. The molecule has 0 bridgehead atoms. The molecule has 3 atom stereocenters. The zero-order valence-corrected chi connectivity index (χ0v) is 13.5. The molecule has 130 valence electrons. The van der Waals surface area contributed by atoms with Crippen LogP contribution in [0.2, 0.25) is 0 Å². The second-order valence-electron chi connectivity index (χ2n) is 5.92. The first-order chi connectivity index (χ1) is 10.5. The fraction of sp³-hybridized carbons (Fsp3) is 0.571. The number of nitrogens with one attached hydrogen (secondary N) is 1. The van der Waals surface area contributed by atoms with E-state index in [0.717, 1.165) is 12.5 Å². The molecule has 5 nitrogen and oxygen atoms in total. The molecule has 1 aliphatic carbocycles. The number of hydrogen-bond donors (Lipinski definition) is 2. The summed E-state index contributed by atoms with van der Waals surface area (Å²) < 4.78 is 68.7. The smallest absolute Gasteiger partial charge is 0.419 e. The Morgan fingerprint density at radius 2 is 2.04 bits per heavy atom. The average molecular weight is 352 g/mol. The van der Waals surface area contributed by atoms with E-state index in [1.165, 1.54) is 19.1 Å². The molecule has 0 heterocycles. The zero-order chi connectivity index (χ0) is 17.4. The van der Waals surface area contributed by atoms with Crippen LogP contribution in [0.5, 0.6) is 5.75 Å². The number of alkyl halides is 3. The Hall–Kier alpha value is -1.32. The summed E-state index contributed by atoms with van der Waals surface area (Å²) in [7, 11) is -3.96. The van der Waals surface area contributed by atoms with Gasteiger partial charge < -0.3 is 4.74 Å². The van der Waals surface area contributed by atoms with Crippen molar-refractivity contribution in [1.82, 2.24) is 4.72 Å². The molecule has 1 aromatic rings. The van der Waals surface area contributed by atoms with Crippen LogP contribution in [0, 0.1) is 11.8 Å². The van der Waals surface area contributed by atoms with Crippen LogP contribution in [-0.2, 0) is 16.4 Å². The molecule has 9 heteroatoms. The average Bonchev–Trinajstić information content (AvgIpc) is 3.09. The van der Waals surface area contributed by atoms with E-state index in [2.05, 4.69) is 4.72 Å². The molecule has 2 unspecified atom stereocenters. The van der Waals surface area contributed by atoms with E-state index in [-0.39, 0.29) is 18.3 Å². The topological polar surface area (TPSA) is 81.4 Å². The summed E-state index contributed by atoms with van der Waals surface area (Å²) in [5.41, 5.74) is -0.539. The van der Waals surface area contributed by atoms with Crippen molar-refractivity contribution < 1.29 is 26.3 Å². The second kappa shape index (κ2) is 6.29. The number of benzene rings is 1. The maximum Gasteiger partial charge on any atom is 0.419 e. The van der Waals surface area contributed by atoms with Crippen molar-refractivity contribution in [1.29, 1.82) is 0 Å². The Labute approximate surface area is 133 Å². The van der Waals surface area contributed by atoms with E-state index in [0.29, 0.717) is 11.5 Å². The van der Waals surface area contributed by atoms with Gasteiger partial charge in [-0.15, -0.1) is 0 Å². The number of rotatable bonds is 6. The van der Waals surface area contributed by atoms with Crippen LogP contribution in [0.3, 0.4) is 0 Å². The molecule has 0 radical (unpaired) electrons. The van der Waals surface area contributed by atoms with Crippen LogP contribution in [0.1, 0.15) is 37.4 Å². The summed E-state index contributed by atoms with van der Waals surface area (Å²) in [6.45, 7) is 3.71. The van der Waals surface area contributed by atoms with Gasteiger partial charge >= 0.3 is 6.18 Å². The van der Waals surface area contributed by atoms with Gasteiger partial charge in [-0.3, -0.25) is 0 Å². The van der Waals surface area contributed by atoms with Gasteiger partial charge in [-0.25, -0.2) is 5.14 Å². The van der Waals surface area contributed by atoms with Crippen LogP contribution in [-0.4, -0.2) is 15.0 Å². The van der Waals surface area contributed by atoms with E-state index in [1.54, 1.807) is 0 Å². The zero-order valence-electron chi connectivity index (χ0n) is 12.7. The Morgan fingerprint density at radius 1 is 1.43 bits per heavy atom. The molecule has 1 aromatic carbocycles. The Kier molecular flexibility index (Phi) is 4.93. The summed E-state index contributed by atoms with van der Waals surface area (Å²) in [6, 6.07) is 2.54. The third-order valence-electron chi connectivity index (χ3n) is 3.88. The molecule has 0 saturated heterocycles. The third-order valence-corrected chi connectivity index (χ3v) is 4.56. The van der Waals surface area contributed by atoms with Crippen molar-refractivity contribution in [3.05, 3.63) is 29.3 Å². The second-order valence-corrected chi connectivity index (χ2v) is 7.25. The molecule has 23 heavy (non-hydrogen) atoms. The number of nitrogens with two attached hydrogens (primary N) is 1. The van der Waals surface area contributed by atoms with Crippen molar-refractivity contribution in [2.24, 2.45) is 17.0 Å². The SMILES string of the molecule is CC1CC1COc1cc([C@H](C)NS(N)(=O)=O)ccc1C(F)(F)F. The van der Waals surface area contributed by atoms with E-state index in [4.69, 9.17) is 9.88 Å². The minimum Gasteiger partial charge on any atom is -0.493 e. The molecule has 0 aliphatic heterocycles. The van der Waals surface area contributed by atoms with Crippen LogP contribution in [0.15, 0.2) is 18.2 Å². The first kappa shape index (κ1) is 18.0. The molecular formula is C14H19F3N2O3S. The normalized spacial score (nSPS) is 22.7. The van der Waals surface area contributed by atoms with Gasteiger partial charge in [0.05, 0.1) is 12.2 Å². The molecule has 1 aliphatic rings. The van der Waals surface area contributed by atoms with Gasteiger partial charge in [0.15, 0.2) is 0 Å². The van der Waals surface area contributed by atoms with Crippen LogP contribution < -0.4 is 14.6 Å². The summed E-state index contributed by atoms with van der Waals surface area (Å²) in [4.78, 5) is 0. The van der Waals surface area contributed by atoms with Crippen molar-refractivity contribution in [3.8, 4) is 5.75 Å². The molecule has 0 spiro atoms. The van der Waals surface area contributed by atoms with Gasteiger partial charge in [0, 0.05) is 6.04 Å². The quantitative estimate of drug-likeness (QED) is 0.826. The number of ether oxygens (including phenoxy) is 1. The predicted octanol–water partition coefficient (Wildman–Crippen LogP) is 2.59. The van der Waals surface area contributed by atoms with Crippen molar-refractivity contribution >= 4 is 10.2 Å². The standard InChI is InChI=1S/C14H19F3N2O3S/c1-8-5-11(8)7-22-13-6-10(9(2)19-23(18,20)21)3-4-12(13)14(15,16)17/h3-4,6,8-9,11,19H,5,7H2,1-2H3,(H2,18,20,21)/t8?,9-,11?/m0/s1. The highest BCUT2D eigenvalue weighted by atomic mass is 32.2. The number of halogens is 3. The van der Waals surface area contributed by atoms with Gasteiger partial charge in [0.1, 0.15) is 5.75 Å². The van der Waals surface area contributed by atoms with Gasteiger partial charge in [-0.1, -0.05) is 13.0 Å². The molecule has 0 amide bonds. The van der Waals surface area contributed by atoms with E-state index < -0.39 is 28.0 Å². The van der Waals surface area contributed by atoms with Crippen molar-refractivity contribution in [2.75, 3.05) is 6.61 Å². The summed E-state index contributed by atoms with van der Waals surface area (Å²) in [6.07, 6.45) is -3.61. The van der Waals surface area contributed by atoms with Crippen LogP contribution in [0.4, 0.5) is 13.2 Å². The Morgan fingerprint density at radius 3 is 2.52 bits per heavy atom. The lowest BCUT2D eigenvalue weighted by atomic mass is 10.1. The Bertz CT molecular complexity index is 676. The van der Waals surface area contributed by atoms with Crippen molar-refractivity contribution in [2.45, 2.75) is 32.5 Å². The lowest BCUT2D eigenvalue weighted by molar-refractivity contribution is -0.139. The summed E-state index contributed by atoms with van der Waals surface area (Å²) in [5.74, 6) is 0.423. The Balaban J connectivity index is 2.24. The first-order valence-electron chi connectivity index (χ1n) is 7.11. The highest BCUT2D eigenvalue weighted by Crippen LogP contribution is 2.41. The van der Waals surface area contributed by atoms with E-state index in [9.17, 15) is 21.6 Å². The van der Waals surface area contributed by atoms with Gasteiger partial charge in [-0.2, -0.15) is 26.3 Å². The maximum atomic E-state index is 13.1. The maximum absolute atomic E-state index is 13.1. The van der Waals surface area contributed by atoms with Gasteiger partial charge in [0.2, 0.25) is 0 Å². The highest BCUT2D eigenvalue weighted by Gasteiger charge is 2.37. The third kappa shape index (κ3) is 5.08. The fourth-order valence-corrected chi connectivity index (χ4v) is 2.93. The van der Waals surface area contributed by atoms with Crippen LogP contribution >= 0.6 is 0 Å². The molecule has 0 aromatic heterocycles.